The van der Waals surface area contributed by atoms with Crippen LogP contribution in [0, 0.1) is 6.92 Å². The van der Waals surface area contributed by atoms with Crippen LogP contribution in [-0.4, -0.2) is 45.7 Å². The molecule has 1 amide bonds. The monoisotopic (exact) mass is 340 g/mol. The maximum Gasteiger partial charge on any atom is 0.246 e. The van der Waals surface area contributed by atoms with Crippen molar-refractivity contribution < 1.29 is 13.9 Å². The normalized spacial score (nSPS) is 18.0. The number of nitrogens with one attached hydrogen (secondary N) is 1. The summed E-state index contributed by atoms with van der Waals surface area (Å²) in [6.45, 7) is 3.27. The van der Waals surface area contributed by atoms with Crippen molar-refractivity contribution >= 4 is 16.8 Å². The minimum atomic E-state index is -0.338. The van der Waals surface area contributed by atoms with Crippen molar-refractivity contribution in [3.63, 3.8) is 0 Å². The molecule has 1 atom stereocenters. The molecule has 0 saturated carbocycles. The van der Waals surface area contributed by atoms with E-state index in [2.05, 4.69) is 33.4 Å². The number of H-pyrrole nitrogens is 1. The number of aryl methyl sites for hydroxylation is 2. The first-order valence-corrected chi connectivity index (χ1v) is 8.44. The van der Waals surface area contributed by atoms with Gasteiger partial charge in [0.15, 0.2) is 6.10 Å². The Morgan fingerprint density at radius 2 is 2.28 bits per heavy atom. The Labute approximate surface area is 145 Å². The first-order chi connectivity index (χ1) is 12.2. The molecule has 2 aromatic heterocycles. The van der Waals surface area contributed by atoms with Gasteiger partial charge in [-0.05, 0) is 35.6 Å². The summed E-state index contributed by atoms with van der Waals surface area (Å²) in [5.41, 5.74) is 2.28. The van der Waals surface area contributed by atoms with Crippen molar-refractivity contribution in [1.82, 2.24) is 20.1 Å². The molecule has 1 aliphatic heterocycles. The quantitative estimate of drug-likeness (QED) is 0.788. The zero-order valence-electron chi connectivity index (χ0n) is 14.1. The van der Waals surface area contributed by atoms with Crippen LogP contribution in [0.5, 0.6) is 0 Å². The maximum atomic E-state index is 12.6. The molecule has 0 aliphatic carbocycles. The van der Waals surface area contributed by atoms with Gasteiger partial charge in [0, 0.05) is 31.6 Å². The van der Waals surface area contributed by atoms with Gasteiger partial charge in [0.25, 0.3) is 0 Å². The summed E-state index contributed by atoms with van der Waals surface area (Å²) in [5.74, 6) is 1.06. The molecular weight excluding hydrogens is 320 g/mol. The minimum Gasteiger partial charge on any atom is -0.423 e. The highest BCUT2D eigenvalue weighted by Crippen LogP contribution is 2.22. The molecule has 3 heterocycles. The average molecular weight is 340 g/mol. The van der Waals surface area contributed by atoms with Crippen LogP contribution in [0.3, 0.4) is 0 Å². The third-order valence-corrected chi connectivity index (χ3v) is 4.48. The number of rotatable bonds is 4. The van der Waals surface area contributed by atoms with Crippen molar-refractivity contribution in [3.05, 3.63) is 47.8 Å². The second kappa shape index (κ2) is 6.68. The molecule has 1 aromatic carbocycles. The highest BCUT2D eigenvalue weighted by molar-refractivity contribution is 5.80. The SMILES string of the molecule is Cc1nnc(C2CN(C(=O)CCc3ccc4[nH]ccc4c3)CCO2)o1. The van der Waals surface area contributed by atoms with Gasteiger partial charge in [0.1, 0.15) is 0 Å². The lowest BCUT2D eigenvalue weighted by Crippen LogP contribution is -2.42. The van der Waals surface area contributed by atoms with Crippen LogP contribution in [0.1, 0.15) is 29.9 Å². The lowest BCUT2D eigenvalue weighted by molar-refractivity contribution is -0.139. The Hall–Kier alpha value is -2.67. The van der Waals surface area contributed by atoms with Gasteiger partial charge in [-0.2, -0.15) is 0 Å². The molecule has 1 N–H and O–H groups in total. The molecule has 1 saturated heterocycles. The summed E-state index contributed by atoms with van der Waals surface area (Å²) < 4.78 is 11.1. The van der Waals surface area contributed by atoms with E-state index in [1.54, 1.807) is 6.92 Å². The first kappa shape index (κ1) is 15.8. The predicted octanol–water partition coefficient (Wildman–Crippen LogP) is 2.39. The zero-order chi connectivity index (χ0) is 17.2. The van der Waals surface area contributed by atoms with E-state index < -0.39 is 0 Å². The number of carbonyl (C=O) groups excluding carboxylic acids is 1. The molecule has 1 unspecified atom stereocenters. The lowest BCUT2D eigenvalue weighted by atomic mass is 10.1. The molecular formula is C18H20N4O3. The third-order valence-electron chi connectivity index (χ3n) is 4.48. The van der Waals surface area contributed by atoms with Crippen molar-refractivity contribution in [1.29, 1.82) is 0 Å². The van der Waals surface area contributed by atoms with Crippen LogP contribution in [0.25, 0.3) is 10.9 Å². The Bertz CT molecular complexity index is 885. The molecule has 130 valence electrons. The zero-order valence-corrected chi connectivity index (χ0v) is 14.1. The van der Waals surface area contributed by atoms with E-state index in [1.807, 2.05) is 17.2 Å². The highest BCUT2D eigenvalue weighted by Gasteiger charge is 2.28. The lowest BCUT2D eigenvalue weighted by Gasteiger charge is -2.31. The largest absolute Gasteiger partial charge is 0.423 e. The van der Waals surface area contributed by atoms with Crippen molar-refractivity contribution in [2.24, 2.45) is 0 Å². The van der Waals surface area contributed by atoms with Gasteiger partial charge in [-0.25, -0.2) is 0 Å². The van der Waals surface area contributed by atoms with Gasteiger partial charge < -0.3 is 19.0 Å². The molecule has 0 bridgehead atoms. The molecule has 0 radical (unpaired) electrons. The number of aromatic nitrogens is 3. The summed E-state index contributed by atoms with van der Waals surface area (Å²) in [4.78, 5) is 17.6. The third kappa shape index (κ3) is 3.41. The number of hydrogen-bond acceptors (Lipinski definition) is 5. The predicted molar refractivity (Wildman–Crippen MR) is 90.9 cm³/mol. The number of benzene rings is 1. The summed E-state index contributed by atoms with van der Waals surface area (Å²) in [6.07, 6.45) is 2.79. The number of hydrogen-bond donors (Lipinski definition) is 1. The number of amides is 1. The van der Waals surface area contributed by atoms with Crippen LogP contribution in [-0.2, 0) is 16.0 Å². The van der Waals surface area contributed by atoms with E-state index >= 15 is 0 Å². The van der Waals surface area contributed by atoms with E-state index in [9.17, 15) is 4.79 Å². The van der Waals surface area contributed by atoms with Gasteiger partial charge in [0.05, 0.1) is 13.2 Å². The molecule has 25 heavy (non-hydrogen) atoms. The Morgan fingerprint density at radius 1 is 1.36 bits per heavy atom. The van der Waals surface area contributed by atoms with E-state index in [1.165, 1.54) is 5.39 Å². The van der Waals surface area contributed by atoms with E-state index in [-0.39, 0.29) is 12.0 Å². The minimum absolute atomic E-state index is 0.124. The average Bonchev–Trinajstić information content (AvgIpc) is 3.28. The Kier molecular flexibility index (Phi) is 4.23. The molecule has 4 rings (SSSR count). The van der Waals surface area contributed by atoms with Gasteiger partial charge in [0.2, 0.25) is 17.7 Å². The number of morpholine rings is 1. The highest BCUT2D eigenvalue weighted by atomic mass is 16.5. The standard InChI is InChI=1S/C18H20N4O3/c1-12-20-21-18(25-12)16-11-22(8-9-24-16)17(23)5-3-13-2-4-15-14(10-13)6-7-19-15/h2,4,6-7,10,16,19H,3,5,8-9,11H2,1H3. The summed E-state index contributed by atoms with van der Waals surface area (Å²) in [6, 6.07) is 8.29. The van der Waals surface area contributed by atoms with Crippen molar-refractivity contribution in [2.45, 2.75) is 25.9 Å². The molecule has 0 spiro atoms. The number of fused-ring (bicyclic) bond motifs is 1. The van der Waals surface area contributed by atoms with Gasteiger partial charge in [-0.15, -0.1) is 10.2 Å². The molecule has 7 nitrogen and oxygen atoms in total. The fourth-order valence-corrected chi connectivity index (χ4v) is 3.13. The summed E-state index contributed by atoms with van der Waals surface area (Å²) in [5, 5.41) is 8.99. The smallest absolute Gasteiger partial charge is 0.246 e. The number of carbonyl (C=O) groups is 1. The van der Waals surface area contributed by atoms with Crippen LogP contribution >= 0.6 is 0 Å². The van der Waals surface area contributed by atoms with Crippen molar-refractivity contribution in [2.75, 3.05) is 19.7 Å². The van der Waals surface area contributed by atoms with E-state index in [4.69, 9.17) is 9.15 Å². The first-order valence-electron chi connectivity index (χ1n) is 8.44. The topological polar surface area (TPSA) is 84.2 Å². The van der Waals surface area contributed by atoms with Crippen LogP contribution < -0.4 is 0 Å². The summed E-state index contributed by atoms with van der Waals surface area (Å²) >= 11 is 0. The fraction of sp³-hybridized carbons (Fsp3) is 0.389. The molecule has 1 aliphatic rings. The Morgan fingerprint density at radius 3 is 3.12 bits per heavy atom. The molecule has 3 aromatic rings. The van der Waals surface area contributed by atoms with Crippen LogP contribution in [0.15, 0.2) is 34.9 Å². The van der Waals surface area contributed by atoms with Crippen LogP contribution in [0.4, 0.5) is 0 Å². The molecule has 1 fully saturated rings. The number of nitrogens with zero attached hydrogens (tertiary/aromatic N) is 3. The van der Waals surface area contributed by atoms with E-state index in [0.29, 0.717) is 37.9 Å². The van der Waals surface area contributed by atoms with Gasteiger partial charge in [-0.3, -0.25) is 4.79 Å². The van der Waals surface area contributed by atoms with E-state index in [0.717, 1.165) is 17.5 Å². The summed E-state index contributed by atoms with van der Waals surface area (Å²) in [7, 11) is 0. The number of ether oxygens (including phenoxy) is 1. The van der Waals surface area contributed by atoms with Gasteiger partial charge >= 0.3 is 0 Å². The second-order valence-electron chi connectivity index (χ2n) is 6.26. The van der Waals surface area contributed by atoms with Crippen molar-refractivity contribution in [3.8, 4) is 0 Å². The second-order valence-corrected chi connectivity index (χ2v) is 6.26. The maximum absolute atomic E-state index is 12.6. The fourth-order valence-electron chi connectivity index (χ4n) is 3.13. The van der Waals surface area contributed by atoms with Gasteiger partial charge in [-0.1, -0.05) is 6.07 Å². The number of aromatic amines is 1. The molecule has 7 heteroatoms. The Balaban J connectivity index is 1.36. The van der Waals surface area contributed by atoms with Crippen LogP contribution in [0.2, 0.25) is 0 Å².